The lowest BCUT2D eigenvalue weighted by Crippen LogP contribution is -2.57. The highest BCUT2D eigenvalue weighted by Crippen LogP contribution is 2.31. The molecule has 0 aromatic rings. The van der Waals surface area contributed by atoms with Crippen LogP contribution in [-0.2, 0) is 19.4 Å². The molecule has 1 aliphatic heterocycles. The molecule has 10 nitrogen and oxygen atoms in total. The van der Waals surface area contributed by atoms with Crippen molar-refractivity contribution in [2.24, 2.45) is 11.1 Å². The average Bonchev–Trinajstić information content (AvgIpc) is 2.56. The lowest BCUT2D eigenvalue weighted by molar-refractivity contribution is -0.205. The second-order valence-electron chi connectivity index (χ2n) is 5.85. The van der Waals surface area contributed by atoms with Gasteiger partial charge in [-0.25, -0.2) is 4.28 Å². The minimum absolute atomic E-state index is 0.113. The van der Waals surface area contributed by atoms with Crippen molar-refractivity contribution in [2.75, 3.05) is 6.61 Å². The van der Waals surface area contributed by atoms with Gasteiger partial charge in [0.2, 0.25) is 0 Å². The molecular formula is C13H25NO9S2. The van der Waals surface area contributed by atoms with Crippen LogP contribution in [0.1, 0.15) is 33.1 Å². The van der Waals surface area contributed by atoms with Crippen molar-refractivity contribution in [3.05, 3.63) is 0 Å². The van der Waals surface area contributed by atoms with Gasteiger partial charge in [0.1, 0.15) is 34.9 Å². The Bertz CT molecular complexity index is 540. The summed E-state index contributed by atoms with van der Waals surface area (Å²) in [4.78, 5) is 0. The molecule has 0 saturated carbocycles. The summed E-state index contributed by atoms with van der Waals surface area (Å²) in [5, 5.41) is 42.2. The first-order chi connectivity index (χ1) is 11.6. The molecule has 1 fully saturated rings. The Morgan fingerprint density at radius 1 is 1.28 bits per heavy atom. The van der Waals surface area contributed by atoms with E-state index in [2.05, 4.69) is 9.44 Å². The van der Waals surface area contributed by atoms with E-state index in [0.717, 1.165) is 18.2 Å². The van der Waals surface area contributed by atoms with Crippen LogP contribution in [-0.4, -0.2) is 74.9 Å². The molecule has 0 spiro atoms. The van der Waals surface area contributed by atoms with Crippen LogP contribution in [0.3, 0.4) is 0 Å². The SMILES string of the molecule is CCC(C)CC/C(=N\OS(=O)(=O)O)SC1OC(CO)C(O)C(O)C1O. The summed E-state index contributed by atoms with van der Waals surface area (Å²) >= 11 is 0.787. The van der Waals surface area contributed by atoms with E-state index in [1.165, 1.54) is 0 Å². The highest BCUT2D eigenvalue weighted by atomic mass is 32.3. The summed E-state index contributed by atoms with van der Waals surface area (Å²) in [6.45, 7) is 3.39. The van der Waals surface area contributed by atoms with Crippen molar-refractivity contribution in [3.63, 3.8) is 0 Å². The quantitative estimate of drug-likeness (QED) is 0.154. The van der Waals surface area contributed by atoms with Crippen molar-refractivity contribution in [1.29, 1.82) is 0 Å². The van der Waals surface area contributed by atoms with E-state index < -0.39 is 46.9 Å². The number of oxime groups is 1. The summed E-state index contributed by atoms with van der Waals surface area (Å²) in [6, 6.07) is 0. The van der Waals surface area contributed by atoms with Crippen LogP contribution >= 0.6 is 11.8 Å². The number of thioether (sulfide) groups is 1. The maximum atomic E-state index is 10.7. The van der Waals surface area contributed by atoms with Gasteiger partial charge in [-0.05, 0) is 18.8 Å². The Kier molecular flexibility index (Phi) is 9.04. The van der Waals surface area contributed by atoms with E-state index in [1.807, 2.05) is 13.8 Å². The summed E-state index contributed by atoms with van der Waals surface area (Å²) in [5.41, 5.74) is -1.11. The van der Waals surface area contributed by atoms with Crippen LogP contribution < -0.4 is 0 Å². The second kappa shape index (κ2) is 10.0. The molecule has 1 saturated heterocycles. The third kappa shape index (κ3) is 7.35. The molecular weight excluding hydrogens is 378 g/mol. The minimum atomic E-state index is -4.79. The van der Waals surface area contributed by atoms with Crippen LogP contribution in [0.5, 0.6) is 0 Å². The zero-order chi connectivity index (χ0) is 19.2. The van der Waals surface area contributed by atoms with E-state index in [0.29, 0.717) is 12.3 Å². The van der Waals surface area contributed by atoms with Crippen molar-refractivity contribution in [3.8, 4) is 0 Å². The highest BCUT2D eigenvalue weighted by Gasteiger charge is 2.44. The van der Waals surface area contributed by atoms with E-state index in [4.69, 9.17) is 9.29 Å². The molecule has 0 aliphatic carbocycles. The molecule has 0 aromatic carbocycles. The van der Waals surface area contributed by atoms with Crippen molar-refractivity contribution >= 4 is 27.2 Å². The fourth-order valence-corrected chi connectivity index (χ4v) is 3.40. The van der Waals surface area contributed by atoms with Crippen LogP contribution in [0.15, 0.2) is 5.16 Å². The van der Waals surface area contributed by atoms with Gasteiger partial charge in [0.15, 0.2) is 0 Å². The number of hydrogen-bond acceptors (Lipinski definition) is 10. The van der Waals surface area contributed by atoms with Gasteiger partial charge in [-0.2, -0.15) is 8.42 Å². The molecule has 6 atom stereocenters. The van der Waals surface area contributed by atoms with Crippen molar-refractivity contribution in [2.45, 2.75) is 63.0 Å². The van der Waals surface area contributed by atoms with Gasteiger partial charge in [0, 0.05) is 0 Å². The highest BCUT2D eigenvalue weighted by molar-refractivity contribution is 8.14. The minimum Gasteiger partial charge on any atom is -0.394 e. The molecule has 1 heterocycles. The van der Waals surface area contributed by atoms with Crippen LogP contribution in [0.2, 0.25) is 0 Å². The number of hydrogen-bond donors (Lipinski definition) is 5. The average molecular weight is 403 g/mol. The number of nitrogens with zero attached hydrogens (tertiary/aromatic N) is 1. The van der Waals surface area contributed by atoms with Gasteiger partial charge >= 0.3 is 10.4 Å². The maximum absolute atomic E-state index is 10.7. The normalized spacial score (nSPS) is 32.4. The molecule has 0 amide bonds. The lowest BCUT2D eigenvalue weighted by atomic mass is 10.0. The van der Waals surface area contributed by atoms with E-state index in [1.54, 1.807) is 0 Å². The number of aliphatic hydroxyl groups excluding tert-OH is 4. The molecule has 25 heavy (non-hydrogen) atoms. The largest absolute Gasteiger partial charge is 0.466 e. The summed E-state index contributed by atoms with van der Waals surface area (Å²) in [6.07, 6.45) is -3.83. The predicted molar refractivity (Wildman–Crippen MR) is 90.1 cm³/mol. The maximum Gasteiger partial charge on any atom is 0.466 e. The first kappa shape index (κ1) is 22.6. The smallest absolute Gasteiger partial charge is 0.394 e. The molecule has 1 aliphatic rings. The Morgan fingerprint density at radius 3 is 2.44 bits per heavy atom. The third-order valence-electron chi connectivity index (χ3n) is 3.88. The standard InChI is InChI=1S/C13H25NO9S2/c1-3-7(2)4-5-9(14-23-25(19,20)21)24-13-12(18)11(17)10(16)8(6-15)22-13/h7-8,10-13,15-18H,3-6H2,1-2H3,(H,19,20,21)/b14-9+. The van der Waals surface area contributed by atoms with Crippen LogP contribution in [0.25, 0.3) is 0 Å². The zero-order valence-electron chi connectivity index (χ0n) is 13.9. The molecule has 6 unspecified atom stereocenters. The fourth-order valence-electron chi connectivity index (χ4n) is 2.09. The van der Waals surface area contributed by atoms with Gasteiger partial charge in [0.25, 0.3) is 0 Å². The van der Waals surface area contributed by atoms with Gasteiger partial charge in [-0.15, -0.1) is 0 Å². The zero-order valence-corrected chi connectivity index (χ0v) is 15.6. The Balaban J connectivity index is 2.87. The second-order valence-corrected chi connectivity index (χ2v) is 8.03. The van der Waals surface area contributed by atoms with E-state index in [9.17, 15) is 28.8 Å². The first-order valence-electron chi connectivity index (χ1n) is 7.79. The summed E-state index contributed by atoms with van der Waals surface area (Å²) in [5.74, 6) is 0.311. The monoisotopic (exact) mass is 403 g/mol. The molecule has 0 bridgehead atoms. The molecule has 5 N–H and O–H groups in total. The fraction of sp³-hybridized carbons (Fsp3) is 0.923. The van der Waals surface area contributed by atoms with E-state index in [-0.39, 0.29) is 11.5 Å². The molecule has 0 radical (unpaired) electrons. The topological polar surface area (TPSA) is 166 Å². The Hall–Kier alpha value is -0.470. The number of ether oxygens (including phenoxy) is 1. The summed E-state index contributed by atoms with van der Waals surface area (Å²) < 4.78 is 39.4. The van der Waals surface area contributed by atoms with Crippen LogP contribution in [0, 0.1) is 5.92 Å². The number of rotatable bonds is 8. The van der Waals surface area contributed by atoms with Crippen molar-refractivity contribution in [1.82, 2.24) is 0 Å². The third-order valence-corrected chi connectivity index (χ3v) is 5.32. The van der Waals surface area contributed by atoms with Gasteiger partial charge in [-0.3, -0.25) is 4.55 Å². The molecule has 12 heteroatoms. The lowest BCUT2D eigenvalue weighted by Gasteiger charge is -2.39. The van der Waals surface area contributed by atoms with E-state index >= 15 is 0 Å². The van der Waals surface area contributed by atoms with Crippen LogP contribution in [0.4, 0.5) is 0 Å². The van der Waals surface area contributed by atoms with Gasteiger partial charge in [0.05, 0.1) is 6.61 Å². The molecule has 148 valence electrons. The molecule has 1 rings (SSSR count). The van der Waals surface area contributed by atoms with Crippen molar-refractivity contribution < 1.29 is 42.4 Å². The molecule has 0 aromatic heterocycles. The summed E-state index contributed by atoms with van der Waals surface area (Å²) in [7, 11) is -4.79. The Labute approximate surface area is 150 Å². The van der Waals surface area contributed by atoms with Gasteiger partial charge < -0.3 is 25.2 Å². The Morgan fingerprint density at radius 2 is 1.92 bits per heavy atom. The number of aliphatic hydroxyl groups is 4. The predicted octanol–water partition coefficient (Wildman–Crippen LogP) is -0.521. The van der Waals surface area contributed by atoms with Gasteiger partial charge in [-0.1, -0.05) is 37.2 Å². The first-order valence-corrected chi connectivity index (χ1v) is 10.0.